The summed E-state index contributed by atoms with van der Waals surface area (Å²) in [5.74, 6) is 0.918. The van der Waals surface area contributed by atoms with Crippen molar-refractivity contribution < 1.29 is 4.74 Å². The van der Waals surface area contributed by atoms with Gasteiger partial charge in [-0.1, -0.05) is 53.6 Å². The zero-order valence-electron chi connectivity index (χ0n) is 12.8. The summed E-state index contributed by atoms with van der Waals surface area (Å²) in [5.41, 5.74) is 5.81. The molecule has 0 N–H and O–H groups in total. The second kappa shape index (κ2) is 6.41. The summed E-state index contributed by atoms with van der Waals surface area (Å²) < 4.78 is 5.62. The second-order valence-corrected chi connectivity index (χ2v) is 5.81. The van der Waals surface area contributed by atoms with Crippen molar-refractivity contribution in [2.24, 2.45) is 0 Å². The lowest BCUT2D eigenvalue weighted by atomic mass is 9.86. The molecule has 0 saturated carbocycles. The lowest BCUT2D eigenvalue weighted by Gasteiger charge is -2.22. The van der Waals surface area contributed by atoms with Gasteiger partial charge in [-0.3, -0.25) is 0 Å². The zero-order valence-corrected chi connectivity index (χ0v) is 13.5. The first-order chi connectivity index (χ1) is 10.7. The van der Waals surface area contributed by atoms with E-state index in [0.29, 0.717) is 0 Å². The van der Waals surface area contributed by atoms with Crippen LogP contribution in [0.15, 0.2) is 60.4 Å². The van der Waals surface area contributed by atoms with Gasteiger partial charge in [0, 0.05) is 10.6 Å². The standard InChI is InChI=1S/C20H18ClO/c1-14-9-11-15(12-10-14)20-18(7-4-8-19(20)22-2)16-5-3-6-17(21)13-16/h3,5-13H,4H2,1-2H3. The molecular formula is C20H18ClO. The molecule has 3 rings (SSSR count). The van der Waals surface area contributed by atoms with Crippen molar-refractivity contribution in [3.8, 4) is 0 Å². The van der Waals surface area contributed by atoms with Gasteiger partial charge in [0.2, 0.25) is 0 Å². The molecule has 0 saturated heterocycles. The van der Waals surface area contributed by atoms with E-state index in [1.54, 1.807) is 7.11 Å². The Bertz CT molecular complexity index is 739. The molecule has 2 aromatic rings. The maximum Gasteiger partial charge on any atom is 0.123 e. The lowest BCUT2D eigenvalue weighted by Crippen LogP contribution is -2.03. The van der Waals surface area contributed by atoms with Gasteiger partial charge in [0.1, 0.15) is 5.76 Å². The van der Waals surface area contributed by atoms with Crippen molar-refractivity contribution in [1.29, 1.82) is 0 Å². The monoisotopic (exact) mass is 309 g/mol. The fourth-order valence-corrected chi connectivity index (χ4v) is 2.93. The Hall–Kier alpha value is -1.99. The highest BCUT2D eigenvalue weighted by atomic mass is 35.5. The second-order valence-electron chi connectivity index (χ2n) is 5.38. The summed E-state index contributed by atoms with van der Waals surface area (Å²) in [4.78, 5) is 0. The molecule has 0 bridgehead atoms. The Balaban J connectivity index is 2.19. The largest absolute Gasteiger partial charge is 0.496 e. The van der Waals surface area contributed by atoms with Crippen molar-refractivity contribution in [2.75, 3.05) is 7.11 Å². The van der Waals surface area contributed by atoms with Gasteiger partial charge in [0.15, 0.2) is 0 Å². The summed E-state index contributed by atoms with van der Waals surface area (Å²) in [6.07, 6.45) is 5.20. The molecule has 1 nitrogen and oxygen atoms in total. The van der Waals surface area contributed by atoms with Gasteiger partial charge >= 0.3 is 0 Å². The molecule has 1 radical (unpaired) electrons. The van der Waals surface area contributed by atoms with Gasteiger partial charge in [-0.15, -0.1) is 0 Å². The highest BCUT2D eigenvalue weighted by Gasteiger charge is 2.20. The van der Waals surface area contributed by atoms with Crippen LogP contribution in [0.25, 0.3) is 11.1 Å². The average molecular weight is 310 g/mol. The molecule has 111 valence electrons. The Kier molecular flexibility index (Phi) is 4.35. The van der Waals surface area contributed by atoms with Gasteiger partial charge in [-0.05, 0) is 54.7 Å². The first kappa shape index (κ1) is 14.9. The van der Waals surface area contributed by atoms with E-state index in [-0.39, 0.29) is 0 Å². The molecule has 0 heterocycles. The number of halogens is 1. The third-order valence-corrected chi connectivity index (χ3v) is 4.07. The minimum atomic E-state index is 0.746. The molecule has 0 spiro atoms. The Morgan fingerprint density at radius 3 is 2.45 bits per heavy atom. The number of aryl methyl sites for hydroxylation is 1. The molecule has 1 aliphatic rings. The number of rotatable bonds is 3. The van der Waals surface area contributed by atoms with Crippen LogP contribution in [-0.4, -0.2) is 7.11 Å². The highest BCUT2D eigenvalue weighted by Crippen LogP contribution is 2.39. The van der Waals surface area contributed by atoms with E-state index >= 15 is 0 Å². The molecule has 0 aromatic heterocycles. The molecule has 0 atom stereocenters. The zero-order chi connectivity index (χ0) is 15.5. The van der Waals surface area contributed by atoms with Gasteiger partial charge in [-0.25, -0.2) is 0 Å². The molecular weight excluding hydrogens is 292 g/mol. The number of methoxy groups -OCH3 is 1. The smallest absolute Gasteiger partial charge is 0.123 e. The molecule has 0 aliphatic heterocycles. The summed E-state index contributed by atoms with van der Waals surface area (Å²) in [6.45, 7) is 2.09. The molecule has 0 unspecified atom stereocenters. The topological polar surface area (TPSA) is 9.23 Å². The summed E-state index contributed by atoms with van der Waals surface area (Å²) in [7, 11) is 1.72. The summed E-state index contributed by atoms with van der Waals surface area (Å²) in [6, 6.07) is 16.5. The van der Waals surface area contributed by atoms with Crippen LogP contribution in [0.2, 0.25) is 5.02 Å². The van der Waals surface area contributed by atoms with E-state index < -0.39 is 0 Å². The minimum absolute atomic E-state index is 0.746. The fraction of sp³-hybridized carbons (Fsp3) is 0.150. The van der Waals surface area contributed by atoms with Crippen LogP contribution in [0.1, 0.15) is 23.1 Å². The number of ether oxygens (including phenoxy) is 1. The Morgan fingerprint density at radius 2 is 1.77 bits per heavy atom. The molecule has 2 aromatic carbocycles. The minimum Gasteiger partial charge on any atom is -0.496 e. The Labute approximate surface area is 136 Å². The van der Waals surface area contributed by atoms with Gasteiger partial charge in [-0.2, -0.15) is 0 Å². The van der Waals surface area contributed by atoms with Crippen LogP contribution in [0.5, 0.6) is 0 Å². The molecule has 0 amide bonds. The van der Waals surface area contributed by atoms with Gasteiger partial charge in [0.05, 0.1) is 7.11 Å². The maximum atomic E-state index is 6.17. The highest BCUT2D eigenvalue weighted by molar-refractivity contribution is 6.30. The third-order valence-electron chi connectivity index (χ3n) is 3.84. The Morgan fingerprint density at radius 1 is 1.00 bits per heavy atom. The summed E-state index contributed by atoms with van der Waals surface area (Å²) >= 11 is 6.17. The number of hydrogen-bond acceptors (Lipinski definition) is 1. The first-order valence-electron chi connectivity index (χ1n) is 7.34. The van der Waals surface area contributed by atoms with E-state index in [1.807, 2.05) is 18.2 Å². The van der Waals surface area contributed by atoms with Crippen LogP contribution in [0.3, 0.4) is 0 Å². The van der Waals surface area contributed by atoms with E-state index in [0.717, 1.165) is 33.9 Å². The number of allylic oxidation sites excluding steroid dienone is 3. The van der Waals surface area contributed by atoms with Crippen molar-refractivity contribution in [2.45, 2.75) is 13.3 Å². The van der Waals surface area contributed by atoms with Crippen LogP contribution in [0.4, 0.5) is 0 Å². The van der Waals surface area contributed by atoms with Crippen LogP contribution in [0, 0.1) is 13.3 Å². The molecule has 2 heteroatoms. The normalized spacial score (nSPS) is 14.8. The predicted molar refractivity (Wildman–Crippen MR) is 93.5 cm³/mol. The fourth-order valence-electron chi connectivity index (χ4n) is 2.74. The van der Waals surface area contributed by atoms with Crippen LogP contribution in [-0.2, 0) is 4.74 Å². The van der Waals surface area contributed by atoms with E-state index in [9.17, 15) is 0 Å². The quantitative estimate of drug-likeness (QED) is 0.707. The van der Waals surface area contributed by atoms with E-state index in [4.69, 9.17) is 16.3 Å². The lowest BCUT2D eigenvalue weighted by molar-refractivity contribution is 0.309. The summed E-state index contributed by atoms with van der Waals surface area (Å²) in [5, 5.41) is 0.746. The molecule has 0 fully saturated rings. The molecule has 1 aliphatic carbocycles. The van der Waals surface area contributed by atoms with Crippen LogP contribution >= 0.6 is 11.6 Å². The predicted octanol–water partition coefficient (Wildman–Crippen LogP) is 5.70. The van der Waals surface area contributed by atoms with Crippen LogP contribution < -0.4 is 0 Å². The maximum absolute atomic E-state index is 6.17. The average Bonchev–Trinajstić information content (AvgIpc) is 2.55. The van der Waals surface area contributed by atoms with Crippen molar-refractivity contribution in [3.63, 3.8) is 0 Å². The van der Waals surface area contributed by atoms with Gasteiger partial charge < -0.3 is 4.74 Å². The molecule has 22 heavy (non-hydrogen) atoms. The van der Waals surface area contributed by atoms with Crippen molar-refractivity contribution in [3.05, 3.63) is 88.5 Å². The third kappa shape index (κ3) is 2.95. The SMILES string of the molecule is COC1=CC[CH]C(c2cccc(Cl)c2)=C1c1ccc(C)cc1. The number of hydrogen-bond donors (Lipinski definition) is 0. The number of benzene rings is 2. The van der Waals surface area contributed by atoms with E-state index in [2.05, 4.69) is 49.8 Å². The van der Waals surface area contributed by atoms with Gasteiger partial charge in [0.25, 0.3) is 0 Å². The van der Waals surface area contributed by atoms with Crippen molar-refractivity contribution >= 4 is 22.7 Å². The van der Waals surface area contributed by atoms with E-state index in [1.165, 1.54) is 11.1 Å². The van der Waals surface area contributed by atoms with Crippen molar-refractivity contribution in [1.82, 2.24) is 0 Å². The first-order valence-corrected chi connectivity index (χ1v) is 7.72.